The maximum atomic E-state index is 12.8. The van der Waals surface area contributed by atoms with E-state index in [1.165, 1.54) is 44.6 Å². The van der Waals surface area contributed by atoms with Crippen LogP contribution in [0.25, 0.3) is 0 Å². The molecule has 2 bridgehead atoms. The normalized spacial score (nSPS) is 22.4. The van der Waals surface area contributed by atoms with Crippen LogP contribution in [0.1, 0.15) is 32.1 Å². The zero-order valence-corrected chi connectivity index (χ0v) is 19.4. The van der Waals surface area contributed by atoms with Crippen LogP contribution in [0.5, 0.6) is 5.75 Å². The Morgan fingerprint density at radius 1 is 1.10 bits per heavy atom. The van der Waals surface area contributed by atoms with E-state index in [1.54, 1.807) is 18.2 Å². The van der Waals surface area contributed by atoms with Gasteiger partial charge in [-0.1, -0.05) is 29.6 Å². The number of fused-ring (bicyclic) bond motifs is 2. The van der Waals surface area contributed by atoms with Gasteiger partial charge in [0, 0.05) is 12.1 Å². The molecule has 2 saturated carbocycles. The first-order valence-electron chi connectivity index (χ1n) is 10.2. The number of hydrogen-bond acceptors (Lipinski definition) is 4. The lowest BCUT2D eigenvalue weighted by Crippen LogP contribution is -2.20. The van der Waals surface area contributed by atoms with Gasteiger partial charge in [-0.25, -0.2) is 8.42 Å². The van der Waals surface area contributed by atoms with Gasteiger partial charge < -0.3 is 10.1 Å². The second kappa shape index (κ2) is 8.88. The molecule has 0 spiro atoms. The number of rotatable bonds is 7. The van der Waals surface area contributed by atoms with Crippen molar-refractivity contribution in [2.45, 2.75) is 37.0 Å². The van der Waals surface area contributed by atoms with E-state index >= 15 is 0 Å². The zero-order chi connectivity index (χ0) is 22.2. The van der Waals surface area contributed by atoms with Crippen LogP contribution < -0.4 is 14.8 Å². The van der Waals surface area contributed by atoms with Gasteiger partial charge in [-0.3, -0.25) is 9.52 Å². The van der Waals surface area contributed by atoms with Gasteiger partial charge in [0.2, 0.25) is 5.91 Å². The highest BCUT2D eigenvalue weighted by Crippen LogP contribution is 2.49. The van der Waals surface area contributed by atoms with Crippen LogP contribution in [0.4, 0.5) is 11.4 Å². The average Bonchev–Trinajstić information content (AvgIpc) is 3.33. The Bertz CT molecular complexity index is 1110. The number of sulfonamides is 1. The minimum absolute atomic E-state index is 0.0327. The summed E-state index contributed by atoms with van der Waals surface area (Å²) in [6.45, 7) is 0. The fraction of sp³-hybridized carbons (Fsp3) is 0.409. The smallest absolute Gasteiger partial charge is 0.262 e. The number of benzene rings is 2. The van der Waals surface area contributed by atoms with Gasteiger partial charge in [0.15, 0.2) is 0 Å². The van der Waals surface area contributed by atoms with Crippen LogP contribution in [0.3, 0.4) is 0 Å². The Labute approximate surface area is 192 Å². The lowest BCUT2D eigenvalue weighted by molar-refractivity contribution is -0.117. The molecule has 1 amide bonds. The quantitative estimate of drug-likeness (QED) is 0.540. The molecule has 31 heavy (non-hydrogen) atoms. The summed E-state index contributed by atoms with van der Waals surface area (Å²) in [5.41, 5.74) is 0.715. The number of amides is 1. The Balaban J connectivity index is 1.49. The van der Waals surface area contributed by atoms with E-state index in [1.807, 2.05) is 0 Å². The van der Waals surface area contributed by atoms with E-state index < -0.39 is 10.0 Å². The molecule has 0 unspecified atom stereocenters. The predicted octanol–water partition coefficient (Wildman–Crippen LogP) is 5.57. The maximum Gasteiger partial charge on any atom is 0.262 e. The van der Waals surface area contributed by atoms with Crippen molar-refractivity contribution in [3.8, 4) is 5.75 Å². The fourth-order valence-electron chi connectivity index (χ4n) is 4.79. The largest absolute Gasteiger partial charge is 0.495 e. The van der Waals surface area contributed by atoms with E-state index in [2.05, 4.69) is 10.0 Å². The Kier molecular flexibility index (Phi) is 6.37. The van der Waals surface area contributed by atoms with Crippen LogP contribution in [0, 0.1) is 17.8 Å². The number of hydrogen-bond donors (Lipinski definition) is 2. The molecule has 3 atom stereocenters. The van der Waals surface area contributed by atoms with Crippen LogP contribution >= 0.6 is 23.2 Å². The first-order valence-corrected chi connectivity index (χ1v) is 12.4. The second-order valence-electron chi connectivity index (χ2n) is 8.28. The highest BCUT2D eigenvalue weighted by molar-refractivity contribution is 7.92. The van der Waals surface area contributed by atoms with Crippen LogP contribution in [-0.4, -0.2) is 21.4 Å². The molecule has 0 aromatic heterocycles. The summed E-state index contributed by atoms with van der Waals surface area (Å²) in [6, 6.07) is 8.91. The van der Waals surface area contributed by atoms with Crippen molar-refractivity contribution in [1.29, 1.82) is 0 Å². The van der Waals surface area contributed by atoms with Gasteiger partial charge in [0.1, 0.15) is 5.75 Å². The highest BCUT2D eigenvalue weighted by Gasteiger charge is 2.40. The molecule has 2 aliphatic rings. The second-order valence-corrected chi connectivity index (χ2v) is 10.8. The Morgan fingerprint density at radius 3 is 2.55 bits per heavy atom. The van der Waals surface area contributed by atoms with Gasteiger partial charge in [-0.05, 0) is 73.4 Å². The number of carbonyl (C=O) groups is 1. The molecule has 2 aliphatic carbocycles. The van der Waals surface area contributed by atoms with Gasteiger partial charge in [-0.15, -0.1) is 0 Å². The molecular weight excluding hydrogens is 459 g/mol. The molecule has 0 saturated heterocycles. The van der Waals surface area contributed by atoms with Crippen molar-refractivity contribution >= 4 is 50.5 Å². The number of halogens is 2. The minimum Gasteiger partial charge on any atom is -0.495 e. The standard InChI is InChI=1S/C22H24Cl2N2O4S/c1-30-21-7-4-16(25-22(27)10-15-9-13-2-3-14(15)8-13)11-20(21)26-31(28,29)17-5-6-18(23)19(24)12-17/h4-7,11-15,26H,2-3,8-10H2,1H3,(H,25,27)/t13-,14-,15+/m0/s1. The molecule has 2 aromatic carbocycles. The third-order valence-electron chi connectivity index (χ3n) is 6.26. The molecule has 2 fully saturated rings. The van der Waals surface area contributed by atoms with E-state index in [4.69, 9.17) is 27.9 Å². The predicted molar refractivity (Wildman–Crippen MR) is 122 cm³/mol. The van der Waals surface area contributed by atoms with Crippen LogP contribution in [0.15, 0.2) is 41.3 Å². The summed E-state index contributed by atoms with van der Waals surface area (Å²) >= 11 is 11.8. The summed E-state index contributed by atoms with van der Waals surface area (Å²) in [4.78, 5) is 12.5. The number of methoxy groups -OCH3 is 1. The van der Waals surface area contributed by atoms with Crippen molar-refractivity contribution in [3.63, 3.8) is 0 Å². The third kappa shape index (κ3) is 4.94. The molecule has 4 rings (SSSR count). The Hall–Kier alpha value is -1.96. The van der Waals surface area contributed by atoms with Crippen LogP contribution in [-0.2, 0) is 14.8 Å². The van der Waals surface area contributed by atoms with Gasteiger partial charge >= 0.3 is 0 Å². The SMILES string of the molecule is COc1ccc(NC(=O)C[C@H]2C[C@H]3CC[C@H]2C3)cc1NS(=O)(=O)c1ccc(Cl)c(Cl)c1. The van der Waals surface area contributed by atoms with E-state index in [0.29, 0.717) is 29.7 Å². The molecule has 0 radical (unpaired) electrons. The van der Waals surface area contributed by atoms with Gasteiger partial charge in [0.05, 0.1) is 27.7 Å². The van der Waals surface area contributed by atoms with Crippen LogP contribution in [0.2, 0.25) is 10.0 Å². The lowest BCUT2D eigenvalue weighted by atomic mass is 9.86. The van der Waals surface area contributed by atoms with Gasteiger partial charge in [-0.2, -0.15) is 0 Å². The number of ether oxygens (including phenoxy) is 1. The average molecular weight is 483 g/mol. The summed E-state index contributed by atoms with van der Waals surface area (Å²) in [5, 5.41) is 3.29. The van der Waals surface area contributed by atoms with Gasteiger partial charge in [0.25, 0.3) is 10.0 Å². The topological polar surface area (TPSA) is 84.5 Å². The number of carbonyl (C=O) groups excluding carboxylic acids is 1. The fourth-order valence-corrected chi connectivity index (χ4v) is 6.24. The summed E-state index contributed by atoms with van der Waals surface area (Å²) in [7, 11) is -2.50. The monoisotopic (exact) mass is 482 g/mol. The first kappa shape index (κ1) is 22.2. The molecule has 2 N–H and O–H groups in total. The van der Waals surface area contributed by atoms with E-state index in [0.717, 1.165) is 12.3 Å². The first-order chi connectivity index (χ1) is 14.7. The third-order valence-corrected chi connectivity index (χ3v) is 8.36. The van der Waals surface area contributed by atoms with Crippen molar-refractivity contribution in [2.75, 3.05) is 17.1 Å². The van der Waals surface area contributed by atoms with Crippen molar-refractivity contribution in [3.05, 3.63) is 46.4 Å². The molecule has 166 valence electrons. The molecule has 0 heterocycles. The zero-order valence-electron chi connectivity index (χ0n) is 17.0. The minimum atomic E-state index is -3.94. The van der Waals surface area contributed by atoms with E-state index in [-0.39, 0.29) is 26.5 Å². The van der Waals surface area contributed by atoms with Crippen molar-refractivity contribution < 1.29 is 17.9 Å². The summed E-state index contributed by atoms with van der Waals surface area (Å²) < 4.78 is 33.4. The molecule has 9 heteroatoms. The Morgan fingerprint density at radius 2 is 1.90 bits per heavy atom. The van der Waals surface area contributed by atoms with E-state index in [9.17, 15) is 13.2 Å². The summed E-state index contributed by atoms with van der Waals surface area (Å²) in [5.74, 6) is 2.17. The molecule has 2 aromatic rings. The molecular formula is C22H24Cl2N2O4S. The number of nitrogens with one attached hydrogen (secondary N) is 2. The maximum absolute atomic E-state index is 12.8. The molecule has 0 aliphatic heterocycles. The van der Waals surface area contributed by atoms with Crippen molar-refractivity contribution in [1.82, 2.24) is 0 Å². The lowest BCUT2D eigenvalue weighted by Gasteiger charge is -2.21. The highest BCUT2D eigenvalue weighted by atomic mass is 35.5. The molecule has 6 nitrogen and oxygen atoms in total. The summed E-state index contributed by atoms with van der Waals surface area (Å²) in [6.07, 6.45) is 5.41. The van der Waals surface area contributed by atoms with Crippen molar-refractivity contribution in [2.24, 2.45) is 17.8 Å². The number of anilines is 2.